The Bertz CT molecular complexity index is 136. The molecule has 0 heterocycles. The first-order chi connectivity index (χ1) is 4.39. The van der Waals surface area contributed by atoms with Crippen molar-refractivity contribution in [3.05, 3.63) is 11.7 Å². The molecule has 0 aromatic heterocycles. The van der Waals surface area contributed by atoms with Gasteiger partial charge in [0.25, 0.3) is 6.08 Å². The zero-order valence-corrected chi connectivity index (χ0v) is 6.96. The second-order valence-corrected chi connectivity index (χ2v) is 3.34. The summed E-state index contributed by atoms with van der Waals surface area (Å²) < 4.78 is 24.2. The van der Waals surface area contributed by atoms with Gasteiger partial charge in [-0.2, -0.15) is 8.78 Å². The molecule has 0 amide bonds. The third kappa shape index (κ3) is 2.46. The van der Waals surface area contributed by atoms with E-state index in [9.17, 15) is 8.78 Å². The van der Waals surface area contributed by atoms with E-state index in [-0.39, 0.29) is 11.0 Å². The highest BCUT2D eigenvalue weighted by atomic mass is 19.3. The van der Waals surface area contributed by atoms with Gasteiger partial charge in [0.15, 0.2) is 0 Å². The zero-order chi connectivity index (χ0) is 8.36. The Kier molecular flexibility index (Phi) is 3.00. The van der Waals surface area contributed by atoms with Gasteiger partial charge in [-0.3, -0.25) is 0 Å². The molecule has 0 aromatic rings. The lowest BCUT2D eigenvalue weighted by molar-refractivity contribution is 0.363. The SMILES string of the molecule is CCC(=C(F)F)C(C)(C)C. The van der Waals surface area contributed by atoms with Crippen molar-refractivity contribution < 1.29 is 8.78 Å². The standard InChI is InChI=1S/C8H14F2/c1-5-6(7(9)10)8(2,3)4/h5H2,1-4H3. The molecule has 0 nitrogen and oxygen atoms in total. The van der Waals surface area contributed by atoms with E-state index in [1.807, 2.05) is 0 Å². The molecule has 0 spiro atoms. The molecule has 2 heteroatoms. The molecular weight excluding hydrogens is 134 g/mol. The topological polar surface area (TPSA) is 0 Å². The highest BCUT2D eigenvalue weighted by Crippen LogP contribution is 2.31. The van der Waals surface area contributed by atoms with Crippen molar-refractivity contribution in [1.82, 2.24) is 0 Å². The summed E-state index contributed by atoms with van der Waals surface area (Å²) in [5.41, 5.74) is -0.124. The molecule has 0 bridgehead atoms. The van der Waals surface area contributed by atoms with Crippen molar-refractivity contribution in [2.24, 2.45) is 5.41 Å². The summed E-state index contributed by atoms with van der Waals surface area (Å²) in [4.78, 5) is 0. The van der Waals surface area contributed by atoms with Crippen LogP contribution in [0.1, 0.15) is 34.1 Å². The third-order valence-corrected chi connectivity index (χ3v) is 1.49. The summed E-state index contributed by atoms with van der Waals surface area (Å²) in [6, 6.07) is 0. The van der Waals surface area contributed by atoms with Gasteiger partial charge in [-0.25, -0.2) is 0 Å². The van der Waals surface area contributed by atoms with E-state index in [0.717, 1.165) is 0 Å². The van der Waals surface area contributed by atoms with Crippen LogP contribution in [0.3, 0.4) is 0 Å². The van der Waals surface area contributed by atoms with Crippen LogP contribution in [0.5, 0.6) is 0 Å². The molecule has 0 aromatic carbocycles. The fourth-order valence-corrected chi connectivity index (χ4v) is 0.947. The molecule has 0 saturated carbocycles. The molecule has 0 atom stereocenters. The summed E-state index contributed by atoms with van der Waals surface area (Å²) in [5.74, 6) is 0. The van der Waals surface area contributed by atoms with Gasteiger partial charge in [-0.1, -0.05) is 27.7 Å². The number of allylic oxidation sites excluding steroid dienone is 1. The van der Waals surface area contributed by atoms with Crippen LogP contribution in [0.2, 0.25) is 0 Å². The minimum atomic E-state index is -1.52. The van der Waals surface area contributed by atoms with Gasteiger partial charge in [0.05, 0.1) is 0 Å². The fourth-order valence-electron chi connectivity index (χ4n) is 0.947. The Labute approximate surface area is 60.9 Å². The molecule has 0 saturated heterocycles. The first-order valence-electron chi connectivity index (χ1n) is 3.44. The summed E-state index contributed by atoms with van der Waals surface area (Å²) in [5, 5.41) is 0. The average Bonchev–Trinajstić information content (AvgIpc) is 1.60. The van der Waals surface area contributed by atoms with Crippen LogP contribution in [0.25, 0.3) is 0 Å². The minimum Gasteiger partial charge on any atom is -0.173 e. The van der Waals surface area contributed by atoms with Crippen LogP contribution in [-0.2, 0) is 0 Å². The van der Waals surface area contributed by atoms with Gasteiger partial charge < -0.3 is 0 Å². The Balaban J connectivity index is 4.55. The number of hydrogen-bond donors (Lipinski definition) is 0. The van der Waals surface area contributed by atoms with Crippen LogP contribution >= 0.6 is 0 Å². The molecular formula is C8H14F2. The lowest BCUT2D eigenvalue weighted by atomic mass is 9.86. The predicted octanol–water partition coefficient (Wildman–Crippen LogP) is 3.59. The molecule has 0 aliphatic rings. The van der Waals surface area contributed by atoms with E-state index in [1.165, 1.54) is 0 Å². The molecule has 60 valence electrons. The molecule has 0 rings (SSSR count). The van der Waals surface area contributed by atoms with Gasteiger partial charge in [-0.05, 0) is 11.8 Å². The maximum Gasteiger partial charge on any atom is 0.270 e. The zero-order valence-electron chi connectivity index (χ0n) is 6.96. The summed E-state index contributed by atoms with van der Waals surface area (Å²) in [6.45, 7) is 7.14. The molecule has 0 aliphatic carbocycles. The molecule has 0 N–H and O–H groups in total. The van der Waals surface area contributed by atoms with E-state index >= 15 is 0 Å². The normalized spacial score (nSPS) is 11.4. The second-order valence-electron chi connectivity index (χ2n) is 3.34. The smallest absolute Gasteiger partial charge is 0.173 e. The maximum absolute atomic E-state index is 12.1. The Morgan fingerprint density at radius 2 is 1.60 bits per heavy atom. The highest BCUT2D eigenvalue weighted by molar-refractivity contribution is 5.10. The highest BCUT2D eigenvalue weighted by Gasteiger charge is 2.19. The van der Waals surface area contributed by atoms with Crippen LogP contribution in [0.15, 0.2) is 11.7 Å². The van der Waals surface area contributed by atoms with Crippen LogP contribution < -0.4 is 0 Å². The molecule has 0 fully saturated rings. The minimum absolute atomic E-state index is 0.257. The lowest BCUT2D eigenvalue weighted by Gasteiger charge is -2.20. The van der Waals surface area contributed by atoms with Gasteiger partial charge >= 0.3 is 0 Å². The van der Waals surface area contributed by atoms with Crippen molar-refractivity contribution in [3.63, 3.8) is 0 Å². The molecule has 0 unspecified atom stereocenters. The fraction of sp³-hybridized carbons (Fsp3) is 0.750. The van der Waals surface area contributed by atoms with Crippen LogP contribution in [-0.4, -0.2) is 0 Å². The Morgan fingerprint density at radius 3 is 1.60 bits per heavy atom. The van der Waals surface area contributed by atoms with E-state index in [1.54, 1.807) is 27.7 Å². The summed E-state index contributed by atoms with van der Waals surface area (Å²) >= 11 is 0. The summed E-state index contributed by atoms with van der Waals surface area (Å²) in [6.07, 6.45) is -1.08. The Hall–Kier alpha value is -0.400. The van der Waals surface area contributed by atoms with Gasteiger partial charge in [0, 0.05) is 5.57 Å². The monoisotopic (exact) mass is 148 g/mol. The first kappa shape index (κ1) is 9.60. The molecule has 0 aliphatic heterocycles. The number of hydrogen-bond acceptors (Lipinski definition) is 0. The van der Waals surface area contributed by atoms with Crippen molar-refractivity contribution in [1.29, 1.82) is 0 Å². The number of rotatable bonds is 1. The van der Waals surface area contributed by atoms with Crippen molar-refractivity contribution in [3.8, 4) is 0 Å². The van der Waals surface area contributed by atoms with E-state index in [4.69, 9.17) is 0 Å². The number of halogens is 2. The molecule has 0 radical (unpaired) electrons. The first-order valence-corrected chi connectivity index (χ1v) is 3.44. The third-order valence-electron chi connectivity index (χ3n) is 1.49. The van der Waals surface area contributed by atoms with Crippen molar-refractivity contribution in [2.45, 2.75) is 34.1 Å². The predicted molar refractivity (Wildman–Crippen MR) is 39.0 cm³/mol. The van der Waals surface area contributed by atoms with E-state index < -0.39 is 6.08 Å². The summed E-state index contributed by atoms with van der Waals surface area (Å²) in [7, 11) is 0. The van der Waals surface area contributed by atoms with Crippen molar-refractivity contribution >= 4 is 0 Å². The van der Waals surface area contributed by atoms with E-state index in [2.05, 4.69) is 0 Å². The van der Waals surface area contributed by atoms with Crippen LogP contribution in [0.4, 0.5) is 8.78 Å². The van der Waals surface area contributed by atoms with Gasteiger partial charge in [0.2, 0.25) is 0 Å². The molecule has 10 heavy (non-hydrogen) atoms. The van der Waals surface area contributed by atoms with Crippen LogP contribution in [0, 0.1) is 5.41 Å². The second kappa shape index (κ2) is 3.13. The lowest BCUT2D eigenvalue weighted by Crippen LogP contribution is -2.09. The maximum atomic E-state index is 12.1. The van der Waals surface area contributed by atoms with Gasteiger partial charge in [0.1, 0.15) is 0 Å². The van der Waals surface area contributed by atoms with E-state index in [0.29, 0.717) is 6.42 Å². The quantitative estimate of drug-likeness (QED) is 0.533. The average molecular weight is 148 g/mol. The van der Waals surface area contributed by atoms with Gasteiger partial charge in [-0.15, -0.1) is 0 Å². The Morgan fingerprint density at radius 1 is 1.20 bits per heavy atom. The largest absolute Gasteiger partial charge is 0.270 e. The van der Waals surface area contributed by atoms with Crippen molar-refractivity contribution in [2.75, 3.05) is 0 Å².